The molecule has 4 heteroatoms. The molecule has 0 radical (unpaired) electrons. The van der Waals surface area contributed by atoms with Crippen LogP contribution in [0.3, 0.4) is 0 Å². The lowest BCUT2D eigenvalue weighted by Gasteiger charge is -2.01. The van der Waals surface area contributed by atoms with Gasteiger partial charge in [0.05, 0.1) is 11.2 Å². The third-order valence-electron chi connectivity index (χ3n) is 2.82. The summed E-state index contributed by atoms with van der Waals surface area (Å²) in [7, 11) is 0. The Morgan fingerprint density at radius 2 is 2.18 bits per heavy atom. The Kier molecular flexibility index (Phi) is 3.43. The van der Waals surface area contributed by atoms with Gasteiger partial charge in [-0.15, -0.1) is 0 Å². The van der Waals surface area contributed by atoms with Gasteiger partial charge in [-0.1, -0.05) is 13.8 Å². The zero-order valence-electron chi connectivity index (χ0n) is 10.2. The zero-order valence-corrected chi connectivity index (χ0v) is 10.2. The summed E-state index contributed by atoms with van der Waals surface area (Å²) in [4.78, 5) is 0. The van der Waals surface area contributed by atoms with Gasteiger partial charge in [-0.25, -0.2) is 4.39 Å². The summed E-state index contributed by atoms with van der Waals surface area (Å²) in [6, 6.07) is 4.75. The molecule has 1 heterocycles. The van der Waals surface area contributed by atoms with Gasteiger partial charge in [0.15, 0.2) is 0 Å². The van der Waals surface area contributed by atoms with Gasteiger partial charge in [-0.05, 0) is 30.5 Å². The van der Waals surface area contributed by atoms with E-state index in [0.29, 0.717) is 18.9 Å². The second-order valence-corrected chi connectivity index (χ2v) is 4.50. The first-order chi connectivity index (χ1) is 8.13. The predicted octanol–water partition coefficient (Wildman–Crippen LogP) is 2.68. The predicted molar refractivity (Wildman–Crippen MR) is 65.5 cm³/mol. The molecule has 0 aliphatic heterocycles. The van der Waals surface area contributed by atoms with Crippen LogP contribution in [0, 0.1) is 5.82 Å². The van der Waals surface area contributed by atoms with Crippen LogP contribution in [0.25, 0.3) is 10.9 Å². The largest absolute Gasteiger partial charge is 0.396 e. The summed E-state index contributed by atoms with van der Waals surface area (Å²) >= 11 is 0. The van der Waals surface area contributed by atoms with Crippen LogP contribution in [0.5, 0.6) is 0 Å². The number of halogens is 1. The van der Waals surface area contributed by atoms with E-state index < -0.39 is 0 Å². The zero-order chi connectivity index (χ0) is 12.4. The SMILES string of the molecule is CC(C)c1nn(CCCO)c2cc(F)ccc12. The first-order valence-corrected chi connectivity index (χ1v) is 5.90. The van der Waals surface area contributed by atoms with E-state index in [9.17, 15) is 4.39 Å². The monoisotopic (exact) mass is 236 g/mol. The number of hydrogen-bond acceptors (Lipinski definition) is 2. The van der Waals surface area contributed by atoms with Gasteiger partial charge in [0.2, 0.25) is 0 Å². The van der Waals surface area contributed by atoms with Crippen molar-refractivity contribution in [1.29, 1.82) is 0 Å². The highest BCUT2D eigenvalue weighted by atomic mass is 19.1. The maximum absolute atomic E-state index is 13.3. The molecule has 2 rings (SSSR count). The van der Waals surface area contributed by atoms with E-state index in [1.54, 1.807) is 10.7 Å². The molecule has 0 saturated heterocycles. The standard InChI is InChI=1S/C13H17FN2O/c1-9(2)13-11-5-4-10(14)8-12(11)16(15-13)6-3-7-17/h4-5,8-9,17H,3,6-7H2,1-2H3. The molecule has 0 saturated carbocycles. The van der Waals surface area contributed by atoms with Crippen LogP contribution >= 0.6 is 0 Å². The number of benzene rings is 1. The molecule has 0 spiro atoms. The van der Waals surface area contributed by atoms with Gasteiger partial charge >= 0.3 is 0 Å². The lowest BCUT2D eigenvalue weighted by molar-refractivity contribution is 0.277. The highest BCUT2D eigenvalue weighted by Gasteiger charge is 2.13. The molecule has 0 fully saturated rings. The van der Waals surface area contributed by atoms with Crippen molar-refractivity contribution in [1.82, 2.24) is 9.78 Å². The molecule has 0 atom stereocenters. The van der Waals surface area contributed by atoms with Crippen molar-refractivity contribution in [2.24, 2.45) is 0 Å². The number of nitrogens with zero attached hydrogens (tertiary/aromatic N) is 2. The van der Waals surface area contributed by atoms with Gasteiger partial charge in [-0.2, -0.15) is 5.10 Å². The summed E-state index contributed by atoms with van der Waals surface area (Å²) < 4.78 is 15.0. The van der Waals surface area contributed by atoms with Crippen LogP contribution in [0.15, 0.2) is 18.2 Å². The van der Waals surface area contributed by atoms with E-state index in [1.807, 2.05) is 0 Å². The number of aliphatic hydroxyl groups is 1. The molecular weight excluding hydrogens is 219 g/mol. The summed E-state index contributed by atoms with van der Waals surface area (Å²) in [5.74, 6) is 0.0521. The van der Waals surface area contributed by atoms with E-state index in [0.717, 1.165) is 16.6 Å². The molecule has 17 heavy (non-hydrogen) atoms. The summed E-state index contributed by atoms with van der Waals surface area (Å²) in [6.07, 6.45) is 0.630. The summed E-state index contributed by atoms with van der Waals surface area (Å²) in [5, 5.41) is 14.4. The third-order valence-corrected chi connectivity index (χ3v) is 2.82. The molecule has 0 unspecified atom stereocenters. The van der Waals surface area contributed by atoms with Crippen molar-refractivity contribution in [2.45, 2.75) is 32.7 Å². The van der Waals surface area contributed by atoms with Crippen molar-refractivity contribution < 1.29 is 9.50 Å². The number of hydrogen-bond donors (Lipinski definition) is 1. The van der Waals surface area contributed by atoms with E-state index in [2.05, 4.69) is 18.9 Å². The normalized spacial score (nSPS) is 11.6. The van der Waals surface area contributed by atoms with Crippen LogP contribution in [-0.2, 0) is 6.54 Å². The molecular formula is C13H17FN2O. The maximum Gasteiger partial charge on any atom is 0.125 e. The first-order valence-electron chi connectivity index (χ1n) is 5.90. The fourth-order valence-electron chi connectivity index (χ4n) is 1.99. The minimum absolute atomic E-state index is 0.119. The summed E-state index contributed by atoms with van der Waals surface area (Å²) in [5.41, 5.74) is 1.79. The van der Waals surface area contributed by atoms with Crippen molar-refractivity contribution >= 4 is 10.9 Å². The molecule has 1 aromatic carbocycles. The van der Waals surface area contributed by atoms with E-state index in [1.165, 1.54) is 12.1 Å². The maximum atomic E-state index is 13.3. The number of rotatable bonds is 4. The van der Waals surface area contributed by atoms with Gasteiger partial charge in [-0.3, -0.25) is 4.68 Å². The van der Waals surface area contributed by atoms with Crippen LogP contribution in [-0.4, -0.2) is 21.5 Å². The fourth-order valence-corrected chi connectivity index (χ4v) is 1.99. The van der Waals surface area contributed by atoms with Crippen LogP contribution in [0.2, 0.25) is 0 Å². The van der Waals surface area contributed by atoms with Crippen molar-refractivity contribution in [3.63, 3.8) is 0 Å². The average Bonchev–Trinajstić information content (AvgIpc) is 2.64. The summed E-state index contributed by atoms with van der Waals surface area (Å²) in [6.45, 7) is 4.87. The Balaban J connectivity index is 2.54. The highest BCUT2D eigenvalue weighted by Crippen LogP contribution is 2.25. The number of aryl methyl sites for hydroxylation is 1. The lowest BCUT2D eigenvalue weighted by atomic mass is 10.1. The van der Waals surface area contributed by atoms with Gasteiger partial charge in [0.25, 0.3) is 0 Å². The second-order valence-electron chi connectivity index (χ2n) is 4.50. The highest BCUT2D eigenvalue weighted by molar-refractivity contribution is 5.82. The molecule has 0 aliphatic rings. The molecule has 2 aromatic rings. The lowest BCUT2D eigenvalue weighted by Crippen LogP contribution is -2.03. The number of fused-ring (bicyclic) bond motifs is 1. The topological polar surface area (TPSA) is 38.0 Å². The molecule has 0 bridgehead atoms. The Labute approximate surface area is 99.9 Å². The van der Waals surface area contributed by atoms with E-state index in [-0.39, 0.29) is 12.4 Å². The molecule has 92 valence electrons. The van der Waals surface area contributed by atoms with Crippen LogP contribution in [0.1, 0.15) is 31.9 Å². The average molecular weight is 236 g/mol. The Morgan fingerprint density at radius 1 is 1.41 bits per heavy atom. The Bertz CT molecular complexity index is 519. The minimum atomic E-state index is -0.252. The molecule has 1 aromatic heterocycles. The van der Waals surface area contributed by atoms with Gasteiger partial charge in [0.1, 0.15) is 5.82 Å². The van der Waals surface area contributed by atoms with Crippen molar-refractivity contribution in [3.05, 3.63) is 29.7 Å². The van der Waals surface area contributed by atoms with Crippen LogP contribution in [0.4, 0.5) is 4.39 Å². The molecule has 0 aliphatic carbocycles. The Hall–Kier alpha value is -1.42. The van der Waals surface area contributed by atoms with E-state index >= 15 is 0 Å². The van der Waals surface area contributed by atoms with Crippen molar-refractivity contribution in [2.75, 3.05) is 6.61 Å². The van der Waals surface area contributed by atoms with Gasteiger partial charge < -0.3 is 5.11 Å². The molecule has 1 N–H and O–H groups in total. The van der Waals surface area contributed by atoms with Gasteiger partial charge in [0, 0.05) is 18.5 Å². The van der Waals surface area contributed by atoms with Crippen LogP contribution < -0.4 is 0 Å². The van der Waals surface area contributed by atoms with E-state index in [4.69, 9.17) is 5.11 Å². The fraction of sp³-hybridized carbons (Fsp3) is 0.462. The minimum Gasteiger partial charge on any atom is -0.396 e. The second kappa shape index (κ2) is 4.84. The molecule has 0 amide bonds. The quantitative estimate of drug-likeness (QED) is 0.886. The molecule has 3 nitrogen and oxygen atoms in total. The number of aromatic nitrogens is 2. The first kappa shape index (κ1) is 12.0. The third kappa shape index (κ3) is 2.31. The van der Waals surface area contributed by atoms with Crippen molar-refractivity contribution in [3.8, 4) is 0 Å². The Morgan fingerprint density at radius 3 is 2.82 bits per heavy atom. The number of aliphatic hydroxyl groups excluding tert-OH is 1. The smallest absolute Gasteiger partial charge is 0.125 e.